The van der Waals surface area contributed by atoms with Gasteiger partial charge < -0.3 is 19.4 Å². The summed E-state index contributed by atoms with van der Waals surface area (Å²) >= 11 is 6.39. The monoisotopic (exact) mass is 675 g/mol. The Balaban J connectivity index is 1.30. The number of benzene rings is 2. The topological polar surface area (TPSA) is 98.5 Å². The van der Waals surface area contributed by atoms with E-state index in [2.05, 4.69) is 27.5 Å². The third kappa shape index (κ3) is 6.01. The molecule has 7 rings (SSSR count). The fourth-order valence-electron chi connectivity index (χ4n) is 6.93. The summed E-state index contributed by atoms with van der Waals surface area (Å²) in [5, 5.41) is 10.6. The maximum atomic E-state index is 16.7. The molecule has 2 aromatic carbocycles. The van der Waals surface area contributed by atoms with Crippen molar-refractivity contribution < 1.29 is 22.7 Å². The predicted octanol–water partition coefficient (Wildman–Crippen LogP) is 6.45. The molecule has 13 heteroatoms. The van der Waals surface area contributed by atoms with Crippen molar-refractivity contribution in [2.45, 2.75) is 38.1 Å². The van der Waals surface area contributed by atoms with Gasteiger partial charge in [-0.1, -0.05) is 42.4 Å². The van der Waals surface area contributed by atoms with E-state index in [0.29, 0.717) is 28.8 Å². The van der Waals surface area contributed by atoms with Crippen LogP contribution in [-0.4, -0.2) is 82.6 Å². The molecule has 1 amide bonds. The minimum Gasteiger partial charge on any atom is -0.463 e. The van der Waals surface area contributed by atoms with Gasteiger partial charge in [0.05, 0.1) is 35.5 Å². The first-order valence-electron chi connectivity index (χ1n) is 16.0. The molecule has 3 fully saturated rings. The van der Waals surface area contributed by atoms with E-state index in [1.165, 1.54) is 30.0 Å². The van der Waals surface area contributed by atoms with Crippen molar-refractivity contribution in [3.05, 3.63) is 65.6 Å². The van der Waals surface area contributed by atoms with Gasteiger partial charge in [-0.25, -0.2) is 13.2 Å². The summed E-state index contributed by atoms with van der Waals surface area (Å²) < 4.78 is 51.4. The van der Waals surface area contributed by atoms with Crippen molar-refractivity contribution in [3.63, 3.8) is 0 Å². The summed E-state index contributed by atoms with van der Waals surface area (Å²) in [4.78, 5) is 31.8. The molecule has 9 nitrogen and oxygen atoms in total. The third-order valence-corrected chi connectivity index (χ3v) is 10.0. The van der Waals surface area contributed by atoms with Crippen LogP contribution in [0.15, 0.2) is 48.9 Å². The number of aromatic nitrogens is 3. The average Bonchev–Trinajstić information content (AvgIpc) is 3.66. The predicted molar refractivity (Wildman–Crippen MR) is 176 cm³/mol. The highest BCUT2D eigenvalue weighted by Crippen LogP contribution is 2.47. The van der Waals surface area contributed by atoms with Crippen LogP contribution in [0.1, 0.15) is 32.1 Å². The van der Waals surface area contributed by atoms with Gasteiger partial charge in [-0.05, 0) is 50.2 Å². The summed E-state index contributed by atoms with van der Waals surface area (Å²) in [5.41, 5.74) is 0.159. The molecule has 1 atom stereocenters. The summed E-state index contributed by atoms with van der Waals surface area (Å²) in [6, 6.07) is 9.31. The van der Waals surface area contributed by atoms with E-state index in [-0.39, 0.29) is 59.1 Å². The molecule has 0 N–H and O–H groups in total. The highest BCUT2D eigenvalue weighted by atomic mass is 35.5. The minimum absolute atomic E-state index is 0.0179. The SMILES string of the molecule is C=C(F)C(=O)N1CCN(c2nc(OCC3(CN4CCCC4)CC3)nc3c(F)c(-c4cccc5ccc(F)c(Cl)c45)ncc23)C[C@@H]1CC#N. The number of hydrogen-bond acceptors (Lipinski definition) is 8. The molecular weight excluding hydrogens is 643 g/mol. The number of likely N-dealkylation sites (tertiary alicyclic amines) is 1. The Hall–Kier alpha value is -4.47. The van der Waals surface area contributed by atoms with E-state index in [0.717, 1.165) is 32.5 Å². The summed E-state index contributed by atoms with van der Waals surface area (Å²) in [5.74, 6) is -3.06. The fraction of sp³-hybridized carbons (Fsp3) is 0.400. The highest BCUT2D eigenvalue weighted by Gasteiger charge is 2.45. The van der Waals surface area contributed by atoms with E-state index in [1.54, 1.807) is 24.3 Å². The fourth-order valence-corrected chi connectivity index (χ4v) is 7.20. The van der Waals surface area contributed by atoms with Gasteiger partial charge in [-0.2, -0.15) is 15.2 Å². The molecule has 0 spiro atoms. The Bertz CT molecular complexity index is 1980. The molecule has 2 aromatic heterocycles. The lowest BCUT2D eigenvalue weighted by Crippen LogP contribution is -2.55. The number of halogens is 4. The minimum atomic E-state index is -1.11. The normalized spacial score (nSPS) is 19.1. The zero-order valence-electron chi connectivity index (χ0n) is 26.2. The first-order chi connectivity index (χ1) is 23.2. The first-order valence-corrected chi connectivity index (χ1v) is 16.4. The van der Waals surface area contributed by atoms with Crippen molar-refractivity contribution in [3.8, 4) is 23.3 Å². The number of pyridine rings is 1. The number of amides is 1. The molecule has 1 aliphatic carbocycles. The smallest absolute Gasteiger partial charge is 0.319 e. The standard InChI is InChI=1S/C35H33ClF3N7O2/c1-21(37)33(47)46-16-15-45(18-23(46)9-12-40)32-25-17-41-30(24-6-4-5-22-7-8-26(38)28(36)27(22)24)29(39)31(25)42-34(43-32)48-20-35(10-11-35)19-44-13-2-3-14-44/h4-8,17,23H,1-3,9-11,13-16,18-20H2/t23-/m0/s1. The summed E-state index contributed by atoms with van der Waals surface area (Å²) in [6.07, 6.45) is 5.78. The number of anilines is 1. The number of nitriles is 1. The van der Waals surface area contributed by atoms with Crippen LogP contribution < -0.4 is 9.64 Å². The molecular formula is C35H33ClF3N7O2. The number of hydrogen-bond donors (Lipinski definition) is 0. The largest absolute Gasteiger partial charge is 0.463 e. The molecule has 3 aliphatic rings. The Morgan fingerprint density at radius 2 is 1.92 bits per heavy atom. The zero-order valence-corrected chi connectivity index (χ0v) is 26.9. The summed E-state index contributed by atoms with van der Waals surface area (Å²) in [7, 11) is 0. The van der Waals surface area contributed by atoms with Crippen molar-refractivity contribution in [2.24, 2.45) is 5.41 Å². The Labute approximate surface area is 280 Å². The van der Waals surface area contributed by atoms with Crippen molar-refractivity contribution in [1.82, 2.24) is 24.8 Å². The number of rotatable bonds is 9. The van der Waals surface area contributed by atoms with Gasteiger partial charge in [0.25, 0.3) is 5.91 Å². The van der Waals surface area contributed by atoms with E-state index in [9.17, 15) is 18.8 Å². The van der Waals surface area contributed by atoms with Gasteiger partial charge in [0, 0.05) is 48.7 Å². The molecule has 2 aliphatic heterocycles. The number of fused-ring (bicyclic) bond motifs is 2. The summed E-state index contributed by atoms with van der Waals surface area (Å²) in [6.45, 7) is 6.97. The number of ether oxygens (including phenoxy) is 1. The van der Waals surface area contributed by atoms with Gasteiger partial charge in [0.2, 0.25) is 0 Å². The number of carbonyl (C=O) groups excluding carboxylic acids is 1. The Kier molecular flexibility index (Phi) is 8.60. The number of carbonyl (C=O) groups is 1. The molecule has 48 heavy (non-hydrogen) atoms. The molecule has 0 bridgehead atoms. The van der Waals surface area contributed by atoms with E-state index >= 15 is 4.39 Å². The maximum Gasteiger partial charge on any atom is 0.319 e. The van der Waals surface area contributed by atoms with Crippen LogP contribution in [0.3, 0.4) is 0 Å². The molecule has 248 valence electrons. The van der Waals surface area contributed by atoms with Gasteiger partial charge in [0.1, 0.15) is 22.8 Å². The number of piperazine rings is 1. The number of nitrogens with zero attached hydrogens (tertiary/aromatic N) is 7. The molecule has 0 radical (unpaired) electrons. The average molecular weight is 676 g/mol. The molecule has 2 saturated heterocycles. The Morgan fingerprint density at radius 1 is 1.12 bits per heavy atom. The molecule has 4 heterocycles. The molecule has 4 aromatic rings. The van der Waals surface area contributed by atoms with E-state index in [1.807, 2.05) is 4.90 Å². The van der Waals surface area contributed by atoms with Crippen LogP contribution in [0.25, 0.3) is 32.9 Å². The van der Waals surface area contributed by atoms with Crippen molar-refractivity contribution in [1.29, 1.82) is 5.26 Å². The van der Waals surface area contributed by atoms with Crippen molar-refractivity contribution in [2.75, 3.05) is 50.8 Å². The van der Waals surface area contributed by atoms with E-state index < -0.39 is 29.4 Å². The van der Waals surface area contributed by atoms with Crippen LogP contribution in [0.4, 0.5) is 19.0 Å². The van der Waals surface area contributed by atoms with Gasteiger partial charge in [0.15, 0.2) is 11.6 Å². The van der Waals surface area contributed by atoms with Crippen LogP contribution >= 0.6 is 11.6 Å². The van der Waals surface area contributed by atoms with Gasteiger partial charge in [-0.3, -0.25) is 9.78 Å². The lowest BCUT2D eigenvalue weighted by atomic mass is 10.0. The van der Waals surface area contributed by atoms with Crippen LogP contribution in [0, 0.1) is 28.4 Å². The molecule has 0 unspecified atom stereocenters. The van der Waals surface area contributed by atoms with E-state index in [4.69, 9.17) is 21.3 Å². The second-order valence-corrected chi connectivity index (χ2v) is 13.3. The Morgan fingerprint density at radius 3 is 2.65 bits per heavy atom. The van der Waals surface area contributed by atoms with Gasteiger partial charge >= 0.3 is 6.01 Å². The van der Waals surface area contributed by atoms with Crippen LogP contribution in [0.2, 0.25) is 5.02 Å². The third-order valence-electron chi connectivity index (χ3n) is 9.66. The lowest BCUT2D eigenvalue weighted by Gasteiger charge is -2.41. The molecule has 1 saturated carbocycles. The second kappa shape index (κ2) is 12.9. The zero-order chi connectivity index (χ0) is 33.6. The van der Waals surface area contributed by atoms with Crippen LogP contribution in [0.5, 0.6) is 6.01 Å². The van der Waals surface area contributed by atoms with Crippen molar-refractivity contribution >= 4 is 45.0 Å². The highest BCUT2D eigenvalue weighted by molar-refractivity contribution is 6.36. The quantitative estimate of drug-likeness (QED) is 0.187. The van der Waals surface area contributed by atoms with Gasteiger partial charge in [-0.15, -0.1) is 0 Å². The maximum absolute atomic E-state index is 16.7. The second-order valence-electron chi connectivity index (χ2n) is 12.9. The first kappa shape index (κ1) is 32.1. The van der Waals surface area contributed by atoms with Crippen LogP contribution in [-0.2, 0) is 4.79 Å². The lowest BCUT2D eigenvalue weighted by molar-refractivity contribution is -0.131.